The normalized spacial score (nSPS) is 23.1. The fraction of sp³-hybridized carbons (Fsp3) is 0.875. The lowest BCUT2D eigenvalue weighted by Gasteiger charge is -2.14. The quantitative estimate of drug-likeness (QED) is 0.521. The molecule has 2 aliphatic rings. The smallest absolute Gasteiger partial charge is 0.247 e. The molecule has 1 aliphatic carbocycles. The number of imide groups is 1. The number of hydrogen-bond donors (Lipinski definition) is 1. The van der Waals surface area contributed by atoms with E-state index in [4.69, 9.17) is 0 Å². The van der Waals surface area contributed by atoms with Gasteiger partial charge in [-0.1, -0.05) is 39.5 Å². The van der Waals surface area contributed by atoms with Crippen LogP contribution in [0.25, 0.3) is 0 Å². The fourth-order valence-corrected chi connectivity index (χ4v) is 2.83. The van der Waals surface area contributed by atoms with Gasteiger partial charge in [-0.05, 0) is 31.7 Å². The minimum atomic E-state index is -0.251. The topological polar surface area (TPSA) is 49.4 Å². The molecule has 20 heavy (non-hydrogen) atoms. The fourth-order valence-electron chi connectivity index (χ4n) is 2.83. The molecule has 4 heteroatoms. The first-order valence-corrected chi connectivity index (χ1v) is 8.19. The van der Waals surface area contributed by atoms with Gasteiger partial charge in [0.05, 0.1) is 12.5 Å². The Kier molecular flexibility index (Phi) is 5.58. The molecule has 114 valence electrons. The Hall–Kier alpha value is -0.900. The zero-order chi connectivity index (χ0) is 14.5. The number of amides is 2. The highest BCUT2D eigenvalue weighted by molar-refractivity contribution is 6.06. The summed E-state index contributed by atoms with van der Waals surface area (Å²) < 4.78 is 0. The van der Waals surface area contributed by atoms with Crippen LogP contribution in [0.15, 0.2) is 0 Å². The van der Waals surface area contributed by atoms with Gasteiger partial charge in [-0.3, -0.25) is 14.5 Å². The van der Waals surface area contributed by atoms with E-state index < -0.39 is 0 Å². The molecule has 0 radical (unpaired) electrons. The lowest BCUT2D eigenvalue weighted by molar-refractivity contribution is -0.139. The predicted octanol–water partition coefficient (Wildman–Crippen LogP) is 2.47. The van der Waals surface area contributed by atoms with Gasteiger partial charge < -0.3 is 5.32 Å². The highest BCUT2D eigenvalue weighted by Crippen LogP contribution is 2.31. The maximum Gasteiger partial charge on any atom is 0.247 e. The Balaban J connectivity index is 1.56. The number of unbranched alkanes of at least 4 members (excludes halogenated alkanes) is 3. The summed E-state index contributed by atoms with van der Waals surface area (Å²) in [5, 5.41) is 3.26. The first kappa shape index (κ1) is 15.5. The van der Waals surface area contributed by atoms with Crippen LogP contribution in [0.2, 0.25) is 0 Å². The largest absolute Gasteiger partial charge is 0.305 e. The van der Waals surface area contributed by atoms with Crippen molar-refractivity contribution in [2.45, 2.75) is 77.3 Å². The first-order chi connectivity index (χ1) is 9.59. The van der Waals surface area contributed by atoms with E-state index in [0.29, 0.717) is 6.42 Å². The summed E-state index contributed by atoms with van der Waals surface area (Å²) in [4.78, 5) is 25.4. The van der Waals surface area contributed by atoms with E-state index in [1.807, 2.05) is 0 Å². The summed E-state index contributed by atoms with van der Waals surface area (Å²) >= 11 is 0. The van der Waals surface area contributed by atoms with Gasteiger partial charge in [0, 0.05) is 6.04 Å². The Morgan fingerprint density at radius 2 is 1.85 bits per heavy atom. The number of likely N-dealkylation sites (tertiary alicyclic amines) is 1. The van der Waals surface area contributed by atoms with Crippen molar-refractivity contribution in [1.82, 2.24) is 10.2 Å². The van der Waals surface area contributed by atoms with E-state index in [-0.39, 0.29) is 23.9 Å². The molecule has 2 rings (SSSR count). The molecule has 0 aromatic heterocycles. The van der Waals surface area contributed by atoms with Crippen LogP contribution >= 0.6 is 0 Å². The number of nitrogens with one attached hydrogen (secondary N) is 1. The van der Waals surface area contributed by atoms with Crippen molar-refractivity contribution in [3.63, 3.8) is 0 Å². The Bertz CT molecular complexity index is 350. The van der Waals surface area contributed by atoms with Crippen molar-refractivity contribution in [3.8, 4) is 0 Å². The van der Waals surface area contributed by atoms with Crippen LogP contribution in [0.4, 0.5) is 0 Å². The maximum absolute atomic E-state index is 12.1. The average molecular weight is 280 g/mol. The Labute approximate surface area is 122 Å². The van der Waals surface area contributed by atoms with Gasteiger partial charge in [-0.25, -0.2) is 0 Å². The number of carbonyl (C=O) groups excluding carboxylic acids is 2. The lowest BCUT2D eigenvalue weighted by atomic mass is 10.0. The van der Waals surface area contributed by atoms with Gasteiger partial charge in [-0.15, -0.1) is 0 Å². The molecule has 1 atom stereocenters. The molecule has 1 heterocycles. The maximum atomic E-state index is 12.1. The van der Waals surface area contributed by atoms with E-state index >= 15 is 0 Å². The summed E-state index contributed by atoms with van der Waals surface area (Å²) in [6, 6.07) is -0.0309. The van der Waals surface area contributed by atoms with Crippen molar-refractivity contribution >= 4 is 11.8 Å². The van der Waals surface area contributed by atoms with E-state index in [2.05, 4.69) is 19.2 Å². The molecule has 0 aromatic rings. The summed E-state index contributed by atoms with van der Waals surface area (Å²) in [5.41, 5.74) is 0. The number of carbonyl (C=O) groups is 2. The third-order valence-corrected chi connectivity index (χ3v) is 4.19. The van der Waals surface area contributed by atoms with E-state index in [9.17, 15) is 9.59 Å². The van der Waals surface area contributed by atoms with Crippen molar-refractivity contribution < 1.29 is 9.59 Å². The highest BCUT2D eigenvalue weighted by atomic mass is 16.2. The SMILES string of the molecule is CC(C)CCCCCCNC1CC(=O)N(C2CC2)C1=O. The average Bonchev–Trinajstić information content (AvgIpc) is 3.16. The molecule has 4 nitrogen and oxygen atoms in total. The number of hydrogen-bond acceptors (Lipinski definition) is 3. The van der Waals surface area contributed by atoms with Gasteiger partial charge in [0.15, 0.2) is 0 Å². The third-order valence-electron chi connectivity index (χ3n) is 4.19. The molecule has 1 saturated heterocycles. The first-order valence-electron chi connectivity index (χ1n) is 8.19. The van der Waals surface area contributed by atoms with E-state index in [1.165, 1.54) is 30.6 Å². The van der Waals surface area contributed by atoms with Crippen LogP contribution < -0.4 is 5.32 Å². The van der Waals surface area contributed by atoms with Crippen molar-refractivity contribution in [2.75, 3.05) is 6.54 Å². The van der Waals surface area contributed by atoms with Gasteiger partial charge in [0.25, 0.3) is 0 Å². The van der Waals surface area contributed by atoms with Crippen LogP contribution in [0, 0.1) is 5.92 Å². The molecular formula is C16H28N2O2. The van der Waals surface area contributed by atoms with Gasteiger partial charge in [-0.2, -0.15) is 0 Å². The summed E-state index contributed by atoms with van der Waals surface area (Å²) in [6.45, 7) is 5.37. The van der Waals surface area contributed by atoms with Crippen molar-refractivity contribution in [3.05, 3.63) is 0 Å². The Morgan fingerprint density at radius 1 is 1.15 bits per heavy atom. The van der Waals surface area contributed by atoms with Crippen LogP contribution in [-0.4, -0.2) is 35.3 Å². The summed E-state index contributed by atoms with van der Waals surface area (Å²) in [6.07, 6.45) is 8.54. The molecule has 1 unspecified atom stereocenters. The minimum Gasteiger partial charge on any atom is -0.305 e. The lowest BCUT2D eigenvalue weighted by Crippen LogP contribution is -2.40. The highest BCUT2D eigenvalue weighted by Gasteiger charge is 2.45. The van der Waals surface area contributed by atoms with Gasteiger partial charge in [0.1, 0.15) is 0 Å². The molecule has 1 aliphatic heterocycles. The third kappa shape index (κ3) is 4.30. The molecule has 1 N–H and O–H groups in total. The second-order valence-corrected chi connectivity index (χ2v) is 6.64. The van der Waals surface area contributed by atoms with Crippen molar-refractivity contribution in [2.24, 2.45) is 5.92 Å². The molecule has 1 saturated carbocycles. The molecule has 2 fully saturated rings. The monoisotopic (exact) mass is 280 g/mol. The van der Waals surface area contributed by atoms with Crippen LogP contribution in [-0.2, 0) is 9.59 Å². The molecule has 0 bridgehead atoms. The molecular weight excluding hydrogens is 252 g/mol. The molecule has 0 spiro atoms. The zero-order valence-electron chi connectivity index (χ0n) is 12.9. The summed E-state index contributed by atoms with van der Waals surface area (Å²) in [7, 11) is 0. The second-order valence-electron chi connectivity index (χ2n) is 6.64. The number of nitrogens with zero attached hydrogens (tertiary/aromatic N) is 1. The molecule has 2 amide bonds. The Morgan fingerprint density at radius 3 is 2.50 bits per heavy atom. The van der Waals surface area contributed by atoms with Crippen LogP contribution in [0.3, 0.4) is 0 Å². The minimum absolute atomic E-state index is 0.0114. The van der Waals surface area contributed by atoms with Gasteiger partial charge in [0.2, 0.25) is 11.8 Å². The number of rotatable bonds is 9. The van der Waals surface area contributed by atoms with Gasteiger partial charge >= 0.3 is 0 Å². The standard InChI is InChI=1S/C16H28N2O2/c1-12(2)7-5-3-4-6-10-17-14-11-15(19)18(16(14)20)13-8-9-13/h12-14,17H,3-11H2,1-2H3. The van der Waals surface area contributed by atoms with E-state index in [0.717, 1.165) is 31.7 Å². The zero-order valence-corrected chi connectivity index (χ0v) is 12.9. The second kappa shape index (κ2) is 7.21. The summed E-state index contributed by atoms with van der Waals surface area (Å²) in [5.74, 6) is 0.827. The predicted molar refractivity (Wildman–Crippen MR) is 79.2 cm³/mol. The molecule has 0 aromatic carbocycles. The van der Waals surface area contributed by atoms with Crippen LogP contribution in [0.1, 0.15) is 65.2 Å². The van der Waals surface area contributed by atoms with Crippen molar-refractivity contribution in [1.29, 1.82) is 0 Å². The van der Waals surface area contributed by atoms with Crippen LogP contribution in [0.5, 0.6) is 0 Å². The van der Waals surface area contributed by atoms with E-state index in [1.54, 1.807) is 0 Å².